The van der Waals surface area contributed by atoms with E-state index in [4.69, 9.17) is 0 Å². The van der Waals surface area contributed by atoms with Gasteiger partial charge in [-0.1, -0.05) is 19.8 Å². The summed E-state index contributed by atoms with van der Waals surface area (Å²) in [6.45, 7) is 6.10. The third-order valence-electron chi connectivity index (χ3n) is 2.14. The largest absolute Gasteiger partial charge is 0.357 e. The second-order valence-electron chi connectivity index (χ2n) is 4.02. The Hall–Kier alpha value is -0.0500. The number of halogens is 1. The van der Waals surface area contributed by atoms with Crippen molar-refractivity contribution >= 4 is 39.8 Å². The first-order valence-electron chi connectivity index (χ1n) is 6.19. The van der Waals surface area contributed by atoms with Crippen LogP contribution in [0.25, 0.3) is 0 Å². The Morgan fingerprint density at radius 1 is 1.17 bits per heavy atom. The van der Waals surface area contributed by atoms with Crippen LogP contribution in [0.4, 0.5) is 0 Å². The van der Waals surface area contributed by atoms with Crippen molar-refractivity contribution in [2.75, 3.05) is 31.6 Å². The SMILES string of the molecule is CCCCCN=C(NCC)NCCS(C)(=O)=O.I. The van der Waals surface area contributed by atoms with E-state index in [1.807, 2.05) is 6.92 Å². The molecule has 0 spiro atoms. The molecule has 0 saturated carbocycles. The summed E-state index contributed by atoms with van der Waals surface area (Å²) in [5.74, 6) is 0.832. The third-order valence-corrected chi connectivity index (χ3v) is 3.09. The predicted molar refractivity (Wildman–Crippen MR) is 88.6 cm³/mol. The summed E-state index contributed by atoms with van der Waals surface area (Å²) >= 11 is 0. The van der Waals surface area contributed by atoms with Crippen LogP contribution < -0.4 is 10.6 Å². The van der Waals surface area contributed by atoms with E-state index in [9.17, 15) is 8.42 Å². The highest BCUT2D eigenvalue weighted by Gasteiger charge is 2.02. The highest BCUT2D eigenvalue weighted by atomic mass is 127. The van der Waals surface area contributed by atoms with E-state index in [0.29, 0.717) is 12.5 Å². The van der Waals surface area contributed by atoms with E-state index in [2.05, 4.69) is 22.5 Å². The van der Waals surface area contributed by atoms with Crippen LogP contribution in [0, 0.1) is 0 Å². The molecule has 0 aromatic rings. The smallest absolute Gasteiger partial charge is 0.191 e. The number of sulfone groups is 1. The summed E-state index contributed by atoms with van der Waals surface area (Å²) in [4.78, 5) is 4.37. The minimum absolute atomic E-state index is 0. The van der Waals surface area contributed by atoms with Gasteiger partial charge in [-0.25, -0.2) is 8.42 Å². The Bertz CT molecular complexity index is 318. The van der Waals surface area contributed by atoms with Gasteiger partial charge in [-0.15, -0.1) is 24.0 Å². The molecule has 18 heavy (non-hydrogen) atoms. The molecule has 7 heteroatoms. The molecule has 0 aliphatic heterocycles. The van der Waals surface area contributed by atoms with Crippen molar-refractivity contribution in [3.63, 3.8) is 0 Å². The standard InChI is InChI=1S/C11H25N3O2S.HI/c1-4-6-7-8-13-11(12-5-2)14-9-10-17(3,15)16;/h4-10H2,1-3H3,(H2,12,13,14);1H. The van der Waals surface area contributed by atoms with Gasteiger partial charge in [0.25, 0.3) is 0 Å². The van der Waals surface area contributed by atoms with Gasteiger partial charge in [0.05, 0.1) is 5.75 Å². The second-order valence-corrected chi connectivity index (χ2v) is 6.28. The number of nitrogens with zero attached hydrogens (tertiary/aromatic N) is 1. The van der Waals surface area contributed by atoms with Gasteiger partial charge in [-0.2, -0.15) is 0 Å². The summed E-state index contributed by atoms with van der Waals surface area (Å²) in [5.41, 5.74) is 0. The lowest BCUT2D eigenvalue weighted by Crippen LogP contribution is -2.39. The van der Waals surface area contributed by atoms with E-state index < -0.39 is 9.84 Å². The number of nitrogens with one attached hydrogen (secondary N) is 2. The second kappa shape index (κ2) is 12.0. The summed E-state index contributed by atoms with van der Waals surface area (Å²) in [6, 6.07) is 0. The van der Waals surface area contributed by atoms with Crippen molar-refractivity contribution in [1.29, 1.82) is 0 Å². The van der Waals surface area contributed by atoms with Crippen LogP contribution in [-0.4, -0.2) is 46.0 Å². The molecular formula is C11H26IN3O2S. The van der Waals surface area contributed by atoms with Crippen LogP contribution in [0.1, 0.15) is 33.1 Å². The molecule has 0 aromatic heterocycles. The number of hydrogen-bond acceptors (Lipinski definition) is 3. The first-order chi connectivity index (χ1) is 7.99. The predicted octanol–water partition coefficient (Wildman–Crippen LogP) is 1.39. The number of rotatable bonds is 8. The van der Waals surface area contributed by atoms with Crippen LogP contribution >= 0.6 is 24.0 Å². The van der Waals surface area contributed by atoms with Crippen LogP contribution in [0.15, 0.2) is 4.99 Å². The zero-order chi connectivity index (χ0) is 13.1. The zero-order valence-electron chi connectivity index (χ0n) is 11.5. The molecule has 0 amide bonds. The molecule has 0 saturated heterocycles. The Balaban J connectivity index is 0. The summed E-state index contributed by atoms with van der Waals surface area (Å²) in [6.07, 6.45) is 4.65. The molecular weight excluding hydrogens is 365 g/mol. The van der Waals surface area contributed by atoms with Gasteiger partial charge in [0.1, 0.15) is 9.84 Å². The van der Waals surface area contributed by atoms with Gasteiger partial charge >= 0.3 is 0 Å². The first-order valence-corrected chi connectivity index (χ1v) is 8.25. The maximum atomic E-state index is 11.0. The Morgan fingerprint density at radius 3 is 2.33 bits per heavy atom. The average molecular weight is 391 g/mol. The van der Waals surface area contributed by atoms with Gasteiger partial charge in [-0.3, -0.25) is 4.99 Å². The lowest BCUT2D eigenvalue weighted by atomic mass is 10.2. The minimum atomic E-state index is -2.91. The molecule has 0 aromatic carbocycles. The van der Waals surface area contributed by atoms with Crippen molar-refractivity contribution in [3.8, 4) is 0 Å². The van der Waals surface area contributed by atoms with Crippen molar-refractivity contribution < 1.29 is 8.42 Å². The molecule has 110 valence electrons. The Morgan fingerprint density at radius 2 is 1.83 bits per heavy atom. The summed E-state index contributed by atoms with van der Waals surface area (Å²) in [7, 11) is -2.91. The van der Waals surface area contributed by atoms with E-state index in [1.54, 1.807) is 0 Å². The Kier molecular flexibility index (Phi) is 13.5. The minimum Gasteiger partial charge on any atom is -0.357 e. The van der Waals surface area contributed by atoms with Crippen molar-refractivity contribution in [2.45, 2.75) is 33.1 Å². The highest BCUT2D eigenvalue weighted by Crippen LogP contribution is 1.93. The van der Waals surface area contributed by atoms with Gasteiger partial charge in [0.15, 0.2) is 5.96 Å². The fourth-order valence-electron chi connectivity index (χ4n) is 1.25. The molecule has 0 radical (unpaired) electrons. The van der Waals surface area contributed by atoms with Crippen molar-refractivity contribution in [2.24, 2.45) is 4.99 Å². The fourth-order valence-corrected chi connectivity index (χ4v) is 1.72. The molecule has 0 rings (SSSR count). The molecule has 2 N–H and O–H groups in total. The number of aliphatic imine (C=N–C) groups is 1. The molecule has 0 fully saturated rings. The van der Waals surface area contributed by atoms with Crippen LogP contribution in [0.2, 0.25) is 0 Å². The zero-order valence-corrected chi connectivity index (χ0v) is 14.7. The maximum absolute atomic E-state index is 11.0. The molecule has 0 bridgehead atoms. The van der Waals surface area contributed by atoms with Gasteiger partial charge < -0.3 is 10.6 Å². The van der Waals surface area contributed by atoms with Gasteiger partial charge in [0.2, 0.25) is 0 Å². The number of guanidine groups is 1. The van der Waals surface area contributed by atoms with E-state index in [-0.39, 0.29) is 29.7 Å². The molecule has 0 unspecified atom stereocenters. The van der Waals surface area contributed by atoms with E-state index in [0.717, 1.165) is 19.5 Å². The molecule has 0 heterocycles. The van der Waals surface area contributed by atoms with E-state index in [1.165, 1.54) is 19.1 Å². The third kappa shape index (κ3) is 14.0. The normalized spacial score (nSPS) is 11.8. The van der Waals surface area contributed by atoms with Crippen LogP contribution in [0.5, 0.6) is 0 Å². The Labute approximate surface area is 128 Å². The van der Waals surface area contributed by atoms with Gasteiger partial charge in [0, 0.05) is 25.9 Å². The molecule has 0 atom stereocenters. The molecule has 0 aliphatic carbocycles. The average Bonchev–Trinajstić information content (AvgIpc) is 2.22. The summed E-state index contributed by atoms with van der Waals surface area (Å²) < 4.78 is 21.9. The fraction of sp³-hybridized carbons (Fsp3) is 0.909. The lowest BCUT2D eigenvalue weighted by Gasteiger charge is -2.10. The lowest BCUT2D eigenvalue weighted by molar-refractivity contribution is 0.600. The monoisotopic (exact) mass is 391 g/mol. The quantitative estimate of drug-likeness (QED) is 0.284. The molecule has 5 nitrogen and oxygen atoms in total. The van der Waals surface area contributed by atoms with Crippen LogP contribution in [-0.2, 0) is 9.84 Å². The maximum Gasteiger partial charge on any atom is 0.191 e. The highest BCUT2D eigenvalue weighted by molar-refractivity contribution is 14.0. The molecule has 0 aliphatic rings. The topological polar surface area (TPSA) is 70.6 Å². The van der Waals surface area contributed by atoms with E-state index >= 15 is 0 Å². The first kappa shape index (κ1) is 20.3. The number of hydrogen-bond donors (Lipinski definition) is 2. The summed E-state index contributed by atoms with van der Waals surface area (Å²) in [5, 5.41) is 6.10. The van der Waals surface area contributed by atoms with Crippen molar-refractivity contribution in [1.82, 2.24) is 10.6 Å². The van der Waals surface area contributed by atoms with Crippen molar-refractivity contribution in [3.05, 3.63) is 0 Å². The number of unbranched alkanes of at least 4 members (excludes halogenated alkanes) is 2. The van der Waals surface area contributed by atoms with Gasteiger partial charge in [-0.05, 0) is 13.3 Å². The van der Waals surface area contributed by atoms with Crippen LogP contribution in [0.3, 0.4) is 0 Å².